The van der Waals surface area contributed by atoms with Crippen LogP contribution in [0.25, 0.3) is 16.6 Å². The molecule has 3 aromatic carbocycles. The summed E-state index contributed by atoms with van der Waals surface area (Å²) >= 11 is 6.41. The van der Waals surface area contributed by atoms with Crippen molar-refractivity contribution in [1.29, 1.82) is 0 Å². The molecule has 4 fully saturated rings. The highest BCUT2D eigenvalue weighted by molar-refractivity contribution is 6.32. The van der Waals surface area contributed by atoms with Crippen molar-refractivity contribution in [3.63, 3.8) is 0 Å². The number of nitrogens with two attached hydrogens (primary N) is 1. The minimum Gasteiger partial charge on any atom is -0.496 e. The smallest absolute Gasteiger partial charge is 0.416 e. The molecule has 1 spiro atoms. The minimum atomic E-state index is -4.53. The number of fused-ring (bicyclic) bond motifs is 1. The molecule has 2 aromatic heterocycles. The van der Waals surface area contributed by atoms with Gasteiger partial charge in [-0.25, -0.2) is 14.8 Å². The summed E-state index contributed by atoms with van der Waals surface area (Å²) in [6, 6.07) is 13.2. The summed E-state index contributed by atoms with van der Waals surface area (Å²) in [5.74, 6) is 3.36. The number of nitrogen functional groups attached to an aromatic ring is 1. The molecule has 70 heavy (non-hydrogen) atoms. The summed E-state index contributed by atoms with van der Waals surface area (Å²) in [6.45, 7) is 6.54. The van der Waals surface area contributed by atoms with Crippen molar-refractivity contribution in [2.24, 2.45) is 23.2 Å². The fourth-order valence-corrected chi connectivity index (χ4v) is 12.1. The molecule has 17 heteroatoms. The fraction of sp³-hybridized carbons (Fsp3) is 0.509. The third-order valence-electron chi connectivity index (χ3n) is 16.0. The van der Waals surface area contributed by atoms with Gasteiger partial charge in [0, 0.05) is 67.1 Å². The highest BCUT2D eigenvalue weighted by atomic mass is 35.5. The number of piperidine rings is 2. The number of ether oxygens (including phenoxy) is 1. The normalized spacial score (nSPS) is 20.7. The zero-order valence-electron chi connectivity index (χ0n) is 40.0. The van der Waals surface area contributed by atoms with Gasteiger partial charge < -0.3 is 25.6 Å². The van der Waals surface area contributed by atoms with E-state index >= 15 is 0 Å². The van der Waals surface area contributed by atoms with Gasteiger partial charge in [-0.05, 0) is 174 Å². The van der Waals surface area contributed by atoms with E-state index in [1.165, 1.54) is 48.9 Å². The molecule has 9 rings (SSSR count). The van der Waals surface area contributed by atoms with Crippen molar-refractivity contribution < 1.29 is 27.5 Å². The van der Waals surface area contributed by atoms with Crippen LogP contribution in [-0.4, -0.2) is 74.4 Å². The first-order chi connectivity index (χ1) is 33.5. The lowest BCUT2D eigenvalue weighted by molar-refractivity contribution is -0.138. The zero-order valence-corrected chi connectivity index (χ0v) is 40.8. The van der Waals surface area contributed by atoms with E-state index in [1.807, 2.05) is 17.0 Å². The Labute approximate surface area is 410 Å². The molecular formula is C53H62ClF3N8O5. The minimum absolute atomic E-state index is 0.0172. The van der Waals surface area contributed by atoms with E-state index in [1.54, 1.807) is 45.2 Å². The van der Waals surface area contributed by atoms with Crippen LogP contribution in [0.5, 0.6) is 5.75 Å². The molecule has 2 amide bonds. The van der Waals surface area contributed by atoms with Crippen LogP contribution in [0.15, 0.2) is 70.4 Å². The Bertz CT molecular complexity index is 2870. The maximum absolute atomic E-state index is 14.0. The SMILES string of the molecule is COc1cc2nc(C)nc(N[C@H](C)c3cc(N)cc(C(F)(F)F)c3)c2cc1C1CCC(C(=O)N2CCC(CC3CCC4(CC3)CCN(C(=O)c3ccc(Cl)c(-n5ccc(=O)[nH]c5=O)c3)CC4)CC2)CC1. The lowest BCUT2D eigenvalue weighted by Gasteiger charge is -2.46. The number of aromatic nitrogens is 4. The molecule has 1 atom stereocenters. The van der Waals surface area contributed by atoms with Crippen LogP contribution in [0, 0.1) is 30.1 Å². The van der Waals surface area contributed by atoms with Gasteiger partial charge in [-0.2, -0.15) is 13.2 Å². The van der Waals surface area contributed by atoms with E-state index in [-0.39, 0.29) is 34.8 Å². The molecule has 0 radical (unpaired) electrons. The summed E-state index contributed by atoms with van der Waals surface area (Å²) in [5.41, 5.74) is 7.12. The maximum atomic E-state index is 14.0. The van der Waals surface area contributed by atoms with Crippen molar-refractivity contribution in [2.75, 3.05) is 44.3 Å². The maximum Gasteiger partial charge on any atom is 0.416 e. The number of aromatic amines is 1. The Hall–Kier alpha value is -5.90. The molecule has 4 N–H and O–H groups in total. The molecular weight excluding hydrogens is 921 g/mol. The summed E-state index contributed by atoms with van der Waals surface area (Å²) in [6.07, 6.45) is 10.0. The first-order valence-corrected chi connectivity index (χ1v) is 25.1. The summed E-state index contributed by atoms with van der Waals surface area (Å²) < 4.78 is 48.1. The van der Waals surface area contributed by atoms with Gasteiger partial charge >= 0.3 is 11.9 Å². The van der Waals surface area contributed by atoms with Crippen LogP contribution in [0.2, 0.25) is 5.02 Å². The van der Waals surface area contributed by atoms with Crippen LogP contribution in [0.4, 0.5) is 24.7 Å². The number of carbonyl (C=O) groups excluding carboxylic acids is 2. The molecule has 4 heterocycles. The summed E-state index contributed by atoms with van der Waals surface area (Å²) in [4.78, 5) is 67.3. The standard InChI is InChI=1S/C53H62ClF3N8O5/c1-31(38-25-39(53(55,56)57)28-40(58)26-38)59-48-42-29-41(46(70-3)30-44(42)60-32(2)61-48)35-4-6-36(7-5-35)49(67)63-19-12-34(13-20-63)24-33-10-15-52(16-11-33)17-22-64(23-18-52)50(68)37-8-9-43(54)45(27-37)65-21-14-47(66)62-51(65)69/h8-9,14,21,25-31,33-36H,4-7,10-13,15-20,22-24,58H2,1-3H3,(H,59,60,61)(H,62,66,69)/t31-,35?,36?/m1/s1. The summed E-state index contributed by atoms with van der Waals surface area (Å²) in [7, 11) is 1.64. The van der Waals surface area contributed by atoms with Gasteiger partial charge in [-0.15, -0.1) is 0 Å². The molecule has 372 valence electrons. The average molecular weight is 984 g/mol. The van der Waals surface area contributed by atoms with Gasteiger partial charge in [0.15, 0.2) is 0 Å². The molecule has 5 aromatic rings. The van der Waals surface area contributed by atoms with Gasteiger partial charge in [0.25, 0.3) is 11.5 Å². The fourth-order valence-electron chi connectivity index (χ4n) is 11.9. The second-order valence-corrected chi connectivity index (χ2v) is 20.8. The Kier molecular flexibility index (Phi) is 14.1. The zero-order chi connectivity index (χ0) is 49.5. The van der Waals surface area contributed by atoms with Crippen LogP contribution in [-0.2, 0) is 11.0 Å². The Balaban J connectivity index is 0.741. The van der Waals surface area contributed by atoms with E-state index in [9.17, 15) is 32.3 Å². The first-order valence-electron chi connectivity index (χ1n) is 24.8. The number of methoxy groups -OCH3 is 1. The van der Waals surface area contributed by atoms with Crippen molar-refractivity contribution in [3.8, 4) is 11.4 Å². The molecule has 0 bridgehead atoms. The average Bonchev–Trinajstić information content (AvgIpc) is 3.34. The molecule has 4 aliphatic rings. The summed E-state index contributed by atoms with van der Waals surface area (Å²) in [5, 5.41) is 4.38. The number of alkyl halides is 3. The molecule has 2 saturated carbocycles. The quantitative estimate of drug-likeness (QED) is 0.115. The molecule has 2 saturated heterocycles. The van der Waals surface area contributed by atoms with Gasteiger partial charge in [0.2, 0.25) is 5.91 Å². The first kappa shape index (κ1) is 49.1. The second kappa shape index (κ2) is 20.1. The predicted molar refractivity (Wildman–Crippen MR) is 265 cm³/mol. The van der Waals surface area contributed by atoms with Gasteiger partial charge in [0.05, 0.1) is 34.9 Å². The number of benzene rings is 3. The van der Waals surface area contributed by atoms with E-state index in [0.717, 1.165) is 87.5 Å². The number of nitrogens with zero attached hydrogens (tertiary/aromatic N) is 5. The van der Waals surface area contributed by atoms with Crippen molar-refractivity contribution >= 4 is 45.8 Å². The van der Waals surface area contributed by atoms with Gasteiger partial charge in [-0.3, -0.25) is 23.9 Å². The van der Waals surface area contributed by atoms with Crippen LogP contribution in [0.1, 0.15) is 135 Å². The van der Waals surface area contributed by atoms with E-state index in [0.29, 0.717) is 69.7 Å². The lowest BCUT2D eigenvalue weighted by atomic mass is 9.64. The number of likely N-dealkylation sites (tertiary alicyclic amines) is 2. The molecule has 2 aliphatic heterocycles. The Morgan fingerprint density at radius 3 is 2.26 bits per heavy atom. The van der Waals surface area contributed by atoms with Crippen LogP contribution in [0.3, 0.4) is 0 Å². The number of aryl methyl sites for hydroxylation is 1. The number of halogens is 4. The molecule has 0 unspecified atom stereocenters. The van der Waals surface area contributed by atoms with Crippen molar-refractivity contribution in [1.82, 2.24) is 29.3 Å². The number of rotatable bonds is 10. The van der Waals surface area contributed by atoms with E-state index in [4.69, 9.17) is 22.1 Å². The number of carbonyl (C=O) groups is 2. The number of nitrogens with one attached hydrogen (secondary N) is 2. The highest BCUT2D eigenvalue weighted by Crippen LogP contribution is 2.49. The second-order valence-electron chi connectivity index (χ2n) is 20.4. The lowest BCUT2D eigenvalue weighted by Crippen LogP contribution is -2.45. The van der Waals surface area contributed by atoms with E-state index < -0.39 is 29.0 Å². The number of hydrogen-bond donors (Lipinski definition) is 3. The third-order valence-corrected chi connectivity index (χ3v) is 16.3. The Morgan fingerprint density at radius 2 is 1.59 bits per heavy atom. The van der Waals surface area contributed by atoms with Crippen LogP contribution >= 0.6 is 11.6 Å². The van der Waals surface area contributed by atoms with Crippen molar-refractivity contribution in [2.45, 2.75) is 115 Å². The monoisotopic (exact) mass is 982 g/mol. The van der Waals surface area contributed by atoms with Gasteiger partial charge in [0.1, 0.15) is 17.4 Å². The largest absolute Gasteiger partial charge is 0.496 e. The molecule has 13 nitrogen and oxygen atoms in total. The van der Waals surface area contributed by atoms with Crippen molar-refractivity contribution in [3.05, 3.63) is 115 Å². The predicted octanol–water partition coefficient (Wildman–Crippen LogP) is 10.2. The van der Waals surface area contributed by atoms with Crippen LogP contribution < -0.4 is 27.0 Å². The number of amides is 2. The molecule has 2 aliphatic carbocycles. The highest BCUT2D eigenvalue weighted by Gasteiger charge is 2.40. The number of H-pyrrole nitrogens is 1. The topological polar surface area (TPSA) is 169 Å². The van der Waals surface area contributed by atoms with Gasteiger partial charge in [-0.1, -0.05) is 11.6 Å². The third kappa shape index (κ3) is 10.6. The Morgan fingerprint density at radius 1 is 0.886 bits per heavy atom. The number of hydrogen-bond acceptors (Lipinski definition) is 9. The van der Waals surface area contributed by atoms with E-state index in [2.05, 4.69) is 25.2 Å². The number of anilines is 2.